The van der Waals surface area contributed by atoms with Crippen molar-refractivity contribution in [2.24, 2.45) is 5.41 Å². The van der Waals surface area contributed by atoms with Crippen molar-refractivity contribution in [2.75, 3.05) is 33.2 Å². The summed E-state index contributed by atoms with van der Waals surface area (Å²) in [5.74, 6) is -3.84. The summed E-state index contributed by atoms with van der Waals surface area (Å²) in [4.78, 5) is 33.4. The fourth-order valence-electron chi connectivity index (χ4n) is 5.02. The lowest BCUT2D eigenvalue weighted by Gasteiger charge is -2.37. The van der Waals surface area contributed by atoms with Gasteiger partial charge in [0.15, 0.2) is 0 Å². The fourth-order valence-corrected chi connectivity index (χ4v) is 5.02. The third kappa shape index (κ3) is 6.51. The molecule has 1 atom stereocenters. The van der Waals surface area contributed by atoms with E-state index in [2.05, 4.69) is 21.6 Å². The number of hydroxylamine groups is 2. The first-order chi connectivity index (χ1) is 17.1. The predicted octanol–water partition coefficient (Wildman–Crippen LogP) is 3.55. The van der Waals surface area contributed by atoms with Crippen LogP contribution in [0.3, 0.4) is 0 Å². The molecule has 0 aromatic heterocycles. The molecule has 36 heavy (non-hydrogen) atoms. The average Bonchev–Trinajstić information content (AvgIpc) is 3.64. The molecular formula is C26H35F2N5O3. The van der Waals surface area contributed by atoms with E-state index < -0.39 is 35.9 Å². The standard InChI is InChI=1S/C26H35F2N5O3/c1-32-15-13-25(19-29,14-16-32)31-22(34)21(7-8-26(27,28)20-5-3-2-4-6-20)30-23(35)36-33-17-11-24(9-10-24)12-18-33/h2-6,21H,7-18H2,1H3,(H,30,35)(H,31,34)/t21-/m0/s1. The van der Waals surface area contributed by atoms with E-state index in [4.69, 9.17) is 4.84 Å². The quantitative estimate of drug-likeness (QED) is 0.563. The van der Waals surface area contributed by atoms with Crippen molar-refractivity contribution >= 4 is 12.0 Å². The molecule has 2 N–H and O–H groups in total. The maximum absolute atomic E-state index is 14.9. The van der Waals surface area contributed by atoms with Gasteiger partial charge in [0.1, 0.15) is 11.6 Å². The van der Waals surface area contributed by atoms with Gasteiger partial charge >= 0.3 is 6.09 Å². The van der Waals surface area contributed by atoms with Crippen LogP contribution in [0.2, 0.25) is 0 Å². The zero-order chi connectivity index (χ0) is 25.8. The Hall–Kier alpha value is -2.77. The van der Waals surface area contributed by atoms with Gasteiger partial charge in [0.25, 0.3) is 5.92 Å². The second-order valence-corrected chi connectivity index (χ2v) is 10.6. The van der Waals surface area contributed by atoms with Crippen LogP contribution >= 0.6 is 0 Å². The van der Waals surface area contributed by atoms with Gasteiger partial charge in [-0.3, -0.25) is 4.79 Å². The van der Waals surface area contributed by atoms with E-state index in [1.54, 1.807) is 11.1 Å². The second-order valence-electron chi connectivity index (χ2n) is 10.6. The number of piperidine rings is 2. The molecule has 1 spiro atoms. The van der Waals surface area contributed by atoms with Crippen molar-refractivity contribution in [3.63, 3.8) is 0 Å². The van der Waals surface area contributed by atoms with E-state index in [1.807, 2.05) is 7.05 Å². The smallest absolute Gasteiger partial charge is 0.351 e. The third-order valence-electron chi connectivity index (χ3n) is 7.92. The van der Waals surface area contributed by atoms with Crippen LogP contribution < -0.4 is 10.6 Å². The van der Waals surface area contributed by atoms with E-state index >= 15 is 0 Å². The van der Waals surface area contributed by atoms with Gasteiger partial charge in [-0.25, -0.2) is 13.6 Å². The summed E-state index contributed by atoms with van der Waals surface area (Å²) in [6, 6.07) is 8.32. The van der Waals surface area contributed by atoms with Crippen molar-refractivity contribution in [2.45, 2.75) is 68.9 Å². The van der Waals surface area contributed by atoms with Crippen molar-refractivity contribution in [1.82, 2.24) is 20.6 Å². The molecule has 3 fully saturated rings. The Morgan fingerprint density at radius 2 is 1.72 bits per heavy atom. The van der Waals surface area contributed by atoms with E-state index in [-0.39, 0.29) is 12.0 Å². The first kappa shape index (κ1) is 26.3. The highest BCUT2D eigenvalue weighted by atomic mass is 19.3. The molecule has 1 aromatic rings. The summed E-state index contributed by atoms with van der Waals surface area (Å²) in [6.07, 6.45) is 3.34. The maximum Gasteiger partial charge on any atom is 0.426 e. The molecule has 2 aliphatic heterocycles. The minimum absolute atomic E-state index is 0.155. The number of carbonyl (C=O) groups excluding carboxylic acids is 2. The topological polar surface area (TPSA) is 97.7 Å². The second kappa shape index (κ2) is 10.7. The van der Waals surface area contributed by atoms with Crippen LogP contribution in [0.15, 0.2) is 30.3 Å². The van der Waals surface area contributed by atoms with E-state index in [0.717, 1.165) is 12.8 Å². The zero-order valence-electron chi connectivity index (χ0n) is 20.8. The summed E-state index contributed by atoms with van der Waals surface area (Å²) >= 11 is 0. The van der Waals surface area contributed by atoms with Crippen LogP contribution in [-0.4, -0.2) is 66.8 Å². The van der Waals surface area contributed by atoms with E-state index in [0.29, 0.717) is 44.4 Å². The van der Waals surface area contributed by atoms with Gasteiger partial charge in [-0.1, -0.05) is 30.3 Å². The monoisotopic (exact) mass is 503 g/mol. The molecule has 196 valence electrons. The number of halogens is 2. The predicted molar refractivity (Wildman–Crippen MR) is 129 cm³/mol. The lowest BCUT2D eigenvalue weighted by Crippen LogP contribution is -2.58. The molecule has 2 amide bonds. The summed E-state index contributed by atoms with van der Waals surface area (Å²) in [5, 5.41) is 16.6. The molecule has 2 heterocycles. The van der Waals surface area contributed by atoms with E-state index in [1.165, 1.54) is 37.1 Å². The third-order valence-corrected chi connectivity index (χ3v) is 7.92. The van der Waals surface area contributed by atoms with Crippen molar-refractivity contribution < 1.29 is 23.2 Å². The molecule has 1 aliphatic carbocycles. The highest BCUT2D eigenvalue weighted by Gasteiger charge is 2.45. The van der Waals surface area contributed by atoms with Crippen LogP contribution in [0.25, 0.3) is 0 Å². The first-order valence-corrected chi connectivity index (χ1v) is 12.7. The van der Waals surface area contributed by atoms with Crippen molar-refractivity contribution in [1.29, 1.82) is 5.26 Å². The lowest BCUT2D eigenvalue weighted by molar-refractivity contribution is -0.130. The van der Waals surface area contributed by atoms with Gasteiger partial charge in [-0.05, 0) is 57.4 Å². The highest BCUT2D eigenvalue weighted by molar-refractivity contribution is 5.86. The number of rotatable bonds is 8. The van der Waals surface area contributed by atoms with Crippen LogP contribution in [0.4, 0.5) is 13.6 Å². The van der Waals surface area contributed by atoms with Gasteiger partial charge in [0.2, 0.25) is 5.91 Å². The maximum atomic E-state index is 14.9. The molecule has 1 aromatic carbocycles. The number of benzene rings is 1. The Balaban J connectivity index is 1.40. The Morgan fingerprint density at radius 1 is 1.08 bits per heavy atom. The fraction of sp³-hybridized carbons (Fsp3) is 0.654. The number of amides is 2. The minimum Gasteiger partial charge on any atom is -0.351 e. The molecule has 0 unspecified atom stereocenters. The van der Waals surface area contributed by atoms with Gasteiger partial charge in [-0.15, -0.1) is 5.06 Å². The first-order valence-electron chi connectivity index (χ1n) is 12.7. The molecule has 3 aliphatic rings. The van der Waals surface area contributed by atoms with Gasteiger partial charge < -0.3 is 20.4 Å². The largest absolute Gasteiger partial charge is 0.426 e. The summed E-state index contributed by atoms with van der Waals surface area (Å²) in [6.45, 7) is 2.47. The number of likely N-dealkylation sites (tertiary alicyclic amines) is 1. The Kier molecular flexibility index (Phi) is 7.81. The molecule has 2 saturated heterocycles. The number of hydrogen-bond acceptors (Lipinski definition) is 6. The number of hydrogen-bond donors (Lipinski definition) is 2. The normalized spacial score (nSPS) is 22.3. The molecular weight excluding hydrogens is 468 g/mol. The van der Waals surface area contributed by atoms with Gasteiger partial charge in [-0.2, -0.15) is 5.26 Å². The van der Waals surface area contributed by atoms with Crippen molar-refractivity contribution in [3.05, 3.63) is 35.9 Å². The number of nitriles is 1. The molecule has 8 nitrogen and oxygen atoms in total. The Labute approximate surface area is 210 Å². The molecule has 0 radical (unpaired) electrons. The number of nitrogens with zero attached hydrogens (tertiary/aromatic N) is 3. The zero-order valence-corrected chi connectivity index (χ0v) is 20.8. The van der Waals surface area contributed by atoms with Gasteiger partial charge in [0.05, 0.1) is 6.07 Å². The Bertz CT molecular complexity index is 962. The highest BCUT2D eigenvalue weighted by Crippen LogP contribution is 2.53. The van der Waals surface area contributed by atoms with Crippen LogP contribution in [-0.2, 0) is 15.6 Å². The molecule has 4 rings (SSSR count). The van der Waals surface area contributed by atoms with Crippen LogP contribution in [0.5, 0.6) is 0 Å². The van der Waals surface area contributed by atoms with Crippen LogP contribution in [0.1, 0.15) is 56.9 Å². The Morgan fingerprint density at radius 3 is 2.31 bits per heavy atom. The SMILES string of the molecule is CN1CCC(C#N)(NC(=O)[C@H](CCC(F)(F)c2ccccc2)NC(=O)ON2CCC3(CC2)CC3)CC1. The van der Waals surface area contributed by atoms with E-state index in [9.17, 15) is 23.6 Å². The minimum atomic E-state index is -3.18. The summed E-state index contributed by atoms with van der Waals surface area (Å²) in [5.41, 5.74) is -0.847. The van der Waals surface area contributed by atoms with Gasteiger partial charge in [0, 0.05) is 38.2 Å². The summed E-state index contributed by atoms with van der Waals surface area (Å²) in [7, 11) is 1.93. The number of carbonyl (C=O) groups is 2. The summed E-state index contributed by atoms with van der Waals surface area (Å²) < 4.78 is 29.7. The number of alkyl halides is 2. The average molecular weight is 504 g/mol. The van der Waals surface area contributed by atoms with Crippen LogP contribution in [0, 0.1) is 16.7 Å². The lowest BCUT2D eigenvalue weighted by atomic mass is 9.88. The number of nitrogens with one attached hydrogen (secondary N) is 2. The molecule has 10 heteroatoms. The van der Waals surface area contributed by atoms with Crippen molar-refractivity contribution in [3.8, 4) is 6.07 Å². The molecule has 0 bridgehead atoms. The molecule has 1 saturated carbocycles.